The van der Waals surface area contributed by atoms with Gasteiger partial charge in [-0.1, -0.05) is 0 Å². The monoisotopic (exact) mass is 251 g/mol. The van der Waals surface area contributed by atoms with Crippen LogP contribution in [0.4, 0.5) is 14.6 Å². The normalized spacial score (nSPS) is 14.1. The maximum Gasteiger partial charge on any atom is 0.145 e. The number of halogens is 2. The van der Waals surface area contributed by atoms with Gasteiger partial charge in [-0.3, -0.25) is 5.10 Å². The van der Waals surface area contributed by atoms with E-state index in [2.05, 4.69) is 10.2 Å². The number of H-pyrrole nitrogens is 1. The van der Waals surface area contributed by atoms with Crippen LogP contribution >= 0.6 is 0 Å². The summed E-state index contributed by atoms with van der Waals surface area (Å²) in [6, 6.07) is 2.37. The summed E-state index contributed by atoms with van der Waals surface area (Å²) in [5.74, 6) is -0.754. The molecule has 0 bridgehead atoms. The smallest absolute Gasteiger partial charge is 0.145 e. The number of ether oxygens (including phenoxy) is 1. The van der Waals surface area contributed by atoms with Crippen molar-refractivity contribution in [2.75, 3.05) is 12.3 Å². The third-order valence-corrected chi connectivity index (χ3v) is 2.97. The van der Waals surface area contributed by atoms with Gasteiger partial charge in [0, 0.05) is 17.7 Å². The molecule has 3 rings (SSSR count). The van der Waals surface area contributed by atoms with Gasteiger partial charge in [0.15, 0.2) is 0 Å². The number of aromatic amines is 1. The lowest BCUT2D eigenvalue weighted by atomic mass is 9.99. The molecule has 0 radical (unpaired) electrons. The minimum Gasteiger partial charge on any atom is -0.492 e. The SMILES string of the molecule is Nc1cc(-c2c(F)cc(F)c3c2OCCC3)[nH]n1. The molecule has 1 aromatic carbocycles. The summed E-state index contributed by atoms with van der Waals surface area (Å²) in [6.45, 7) is 0.451. The van der Waals surface area contributed by atoms with Crippen molar-refractivity contribution in [3.8, 4) is 17.0 Å². The van der Waals surface area contributed by atoms with Crippen LogP contribution in [0.25, 0.3) is 11.3 Å². The summed E-state index contributed by atoms with van der Waals surface area (Å²) in [5, 5.41) is 6.36. The lowest BCUT2D eigenvalue weighted by molar-refractivity contribution is 0.283. The largest absolute Gasteiger partial charge is 0.492 e. The molecule has 0 saturated carbocycles. The topological polar surface area (TPSA) is 63.9 Å². The quantitative estimate of drug-likeness (QED) is 0.817. The van der Waals surface area contributed by atoms with Gasteiger partial charge < -0.3 is 10.5 Å². The highest BCUT2D eigenvalue weighted by atomic mass is 19.1. The maximum atomic E-state index is 13.9. The van der Waals surface area contributed by atoms with E-state index in [0.717, 1.165) is 12.5 Å². The molecule has 0 spiro atoms. The predicted octanol–water partition coefficient (Wildman–Crippen LogP) is 2.26. The Labute approximate surface area is 102 Å². The summed E-state index contributed by atoms with van der Waals surface area (Å²) >= 11 is 0. The highest BCUT2D eigenvalue weighted by molar-refractivity contribution is 5.72. The molecular weight excluding hydrogens is 240 g/mol. The van der Waals surface area contributed by atoms with Gasteiger partial charge in [-0.2, -0.15) is 5.10 Å². The fourth-order valence-electron chi connectivity index (χ4n) is 2.17. The van der Waals surface area contributed by atoms with Crippen molar-refractivity contribution in [1.29, 1.82) is 0 Å². The second kappa shape index (κ2) is 3.97. The van der Waals surface area contributed by atoms with E-state index < -0.39 is 11.6 Å². The van der Waals surface area contributed by atoms with Gasteiger partial charge in [0.25, 0.3) is 0 Å². The van der Waals surface area contributed by atoms with Crippen LogP contribution in [0.2, 0.25) is 0 Å². The number of benzene rings is 1. The number of hydrogen-bond donors (Lipinski definition) is 2. The molecule has 0 atom stereocenters. The number of rotatable bonds is 1. The highest BCUT2D eigenvalue weighted by Gasteiger charge is 2.24. The zero-order chi connectivity index (χ0) is 12.7. The first kappa shape index (κ1) is 11.0. The standard InChI is InChI=1S/C12H11F2N3O/c13-7-4-8(14)11(9-5-10(15)17-16-9)12-6(7)2-1-3-18-12/h4-5H,1-3H2,(H3,15,16,17). The molecule has 2 aromatic rings. The molecule has 0 fully saturated rings. The number of nitrogen functional groups attached to an aromatic ring is 1. The number of nitrogens with two attached hydrogens (primary N) is 1. The molecule has 0 amide bonds. The Hall–Kier alpha value is -2.11. The summed E-state index contributed by atoms with van der Waals surface area (Å²) in [4.78, 5) is 0. The third-order valence-electron chi connectivity index (χ3n) is 2.97. The zero-order valence-electron chi connectivity index (χ0n) is 9.46. The minimum atomic E-state index is -0.684. The fraction of sp³-hybridized carbons (Fsp3) is 0.250. The van der Waals surface area contributed by atoms with Crippen LogP contribution in [0.1, 0.15) is 12.0 Å². The van der Waals surface area contributed by atoms with E-state index in [4.69, 9.17) is 10.5 Å². The van der Waals surface area contributed by atoms with Gasteiger partial charge in [0.05, 0.1) is 17.9 Å². The minimum absolute atomic E-state index is 0.190. The van der Waals surface area contributed by atoms with Gasteiger partial charge in [-0.25, -0.2) is 8.78 Å². The van der Waals surface area contributed by atoms with Gasteiger partial charge in [-0.05, 0) is 12.8 Å². The number of hydrogen-bond acceptors (Lipinski definition) is 3. The van der Waals surface area contributed by atoms with E-state index in [9.17, 15) is 8.78 Å². The lowest BCUT2D eigenvalue weighted by Crippen LogP contribution is -2.12. The number of nitrogens with one attached hydrogen (secondary N) is 1. The molecule has 1 aliphatic heterocycles. The first-order valence-corrected chi connectivity index (χ1v) is 5.61. The van der Waals surface area contributed by atoms with Crippen molar-refractivity contribution in [1.82, 2.24) is 10.2 Å². The lowest BCUT2D eigenvalue weighted by Gasteiger charge is -2.20. The Morgan fingerprint density at radius 2 is 2.11 bits per heavy atom. The average Bonchev–Trinajstić information content (AvgIpc) is 2.76. The van der Waals surface area contributed by atoms with E-state index in [1.807, 2.05) is 0 Å². The molecule has 4 nitrogen and oxygen atoms in total. The van der Waals surface area contributed by atoms with Crippen LogP contribution in [0.5, 0.6) is 5.75 Å². The number of fused-ring (bicyclic) bond motifs is 1. The van der Waals surface area contributed by atoms with Crippen LogP contribution in [-0.4, -0.2) is 16.8 Å². The second-order valence-corrected chi connectivity index (χ2v) is 4.18. The molecule has 2 heterocycles. The third kappa shape index (κ3) is 1.61. The average molecular weight is 251 g/mol. The predicted molar refractivity (Wildman–Crippen MR) is 62.2 cm³/mol. The summed E-state index contributed by atoms with van der Waals surface area (Å²) in [7, 11) is 0. The van der Waals surface area contributed by atoms with Gasteiger partial charge >= 0.3 is 0 Å². The number of anilines is 1. The van der Waals surface area contributed by atoms with Crippen molar-refractivity contribution >= 4 is 5.82 Å². The summed E-state index contributed by atoms with van der Waals surface area (Å²) in [6.07, 6.45) is 1.26. The van der Waals surface area contributed by atoms with Crippen molar-refractivity contribution in [3.63, 3.8) is 0 Å². The van der Waals surface area contributed by atoms with Crippen LogP contribution in [0, 0.1) is 11.6 Å². The highest BCUT2D eigenvalue weighted by Crippen LogP contribution is 2.39. The van der Waals surface area contributed by atoms with Crippen LogP contribution in [-0.2, 0) is 6.42 Å². The first-order valence-electron chi connectivity index (χ1n) is 5.61. The maximum absolute atomic E-state index is 13.9. The fourth-order valence-corrected chi connectivity index (χ4v) is 2.17. The van der Waals surface area contributed by atoms with Crippen LogP contribution < -0.4 is 10.5 Å². The van der Waals surface area contributed by atoms with Crippen molar-refractivity contribution in [2.24, 2.45) is 0 Å². The summed E-state index contributed by atoms with van der Waals surface area (Å²) < 4.78 is 33.0. The Kier molecular flexibility index (Phi) is 2.43. The molecule has 1 aliphatic rings. The molecule has 0 aliphatic carbocycles. The van der Waals surface area contributed by atoms with Crippen molar-refractivity contribution in [2.45, 2.75) is 12.8 Å². The number of aromatic nitrogens is 2. The molecule has 6 heteroatoms. The van der Waals surface area contributed by atoms with Crippen LogP contribution in [0.15, 0.2) is 12.1 Å². The van der Waals surface area contributed by atoms with Crippen molar-refractivity contribution < 1.29 is 13.5 Å². The zero-order valence-corrected chi connectivity index (χ0v) is 9.46. The van der Waals surface area contributed by atoms with E-state index in [0.29, 0.717) is 24.3 Å². The Morgan fingerprint density at radius 3 is 2.83 bits per heavy atom. The van der Waals surface area contributed by atoms with E-state index in [1.165, 1.54) is 6.07 Å². The van der Waals surface area contributed by atoms with Gasteiger partial charge in [0.1, 0.15) is 23.2 Å². The molecule has 1 aromatic heterocycles. The first-order chi connectivity index (χ1) is 8.66. The second-order valence-electron chi connectivity index (χ2n) is 4.18. The van der Waals surface area contributed by atoms with E-state index >= 15 is 0 Å². The van der Waals surface area contributed by atoms with Crippen molar-refractivity contribution in [3.05, 3.63) is 29.3 Å². The molecule has 0 saturated heterocycles. The summed E-state index contributed by atoms with van der Waals surface area (Å²) in [5.41, 5.74) is 6.48. The number of nitrogens with zero attached hydrogens (tertiary/aromatic N) is 1. The van der Waals surface area contributed by atoms with Crippen LogP contribution in [0.3, 0.4) is 0 Å². The molecule has 0 unspecified atom stereocenters. The van der Waals surface area contributed by atoms with E-state index in [-0.39, 0.29) is 17.1 Å². The molecule has 18 heavy (non-hydrogen) atoms. The van der Waals surface area contributed by atoms with Gasteiger partial charge in [0.2, 0.25) is 0 Å². The van der Waals surface area contributed by atoms with Gasteiger partial charge in [-0.15, -0.1) is 0 Å². The Morgan fingerprint density at radius 1 is 1.28 bits per heavy atom. The molecule has 3 N–H and O–H groups in total. The molecule has 94 valence electrons. The van der Waals surface area contributed by atoms with E-state index in [1.54, 1.807) is 0 Å². The molecular formula is C12H11F2N3O. The Bertz CT molecular complexity index is 610. The Balaban J connectivity index is 2.25.